The lowest BCUT2D eigenvalue weighted by atomic mass is 10.2. The molecule has 0 spiro atoms. The minimum atomic E-state index is -0.365. The molecule has 7 nitrogen and oxygen atoms in total. The molecule has 154 valence electrons. The van der Waals surface area contributed by atoms with E-state index in [0.717, 1.165) is 24.3 Å². The van der Waals surface area contributed by atoms with E-state index in [1.807, 2.05) is 50.2 Å². The third-order valence-corrected chi connectivity index (χ3v) is 4.45. The van der Waals surface area contributed by atoms with Crippen LogP contribution in [0.1, 0.15) is 37.8 Å². The molecule has 7 heteroatoms. The molecule has 0 bridgehead atoms. The summed E-state index contributed by atoms with van der Waals surface area (Å²) in [6, 6.07) is 14.9. The van der Waals surface area contributed by atoms with E-state index in [1.54, 1.807) is 12.1 Å². The fraction of sp³-hybridized carbons (Fsp3) is 0.318. The first-order valence-corrected chi connectivity index (χ1v) is 9.74. The summed E-state index contributed by atoms with van der Waals surface area (Å²) in [7, 11) is 0. The van der Waals surface area contributed by atoms with Gasteiger partial charge in [0.2, 0.25) is 11.8 Å². The molecule has 0 saturated heterocycles. The van der Waals surface area contributed by atoms with Crippen LogP contribution in [0.15, 0.2) is 53.6 Å². The van der Waals surface area contributed by atoms with Crippen LogP contribution >= 0.6 is 0 Å². The highest BCUT2D eigenvalue weighted by Crippen LogP contribution is 2.23. The summed E-state index contributed by atoms with van der Waals surface area (Å²) in [5.41, 5.74) is 4.81. The number of benzene rings is 2. The molecule has 0 unspecified atom stereocenters. The van der Waals surface area contributed by atoms with Gasteiger partial charge in [0.25, 0.3) is 0 Å². The van der Waals surface area contributed by atoms with Crippen LogP contribution in [0.4, 0.5) is 5.69 Å². The SMILES string of the molecule is CCN(CC)c1ccc(C=NNC(=O)CCC(=O)NCc2ccccc2)c(O)c1. The largest absolute Gasteiger partial charge is 0.507 e. The van der Waals surface area contributed by atoms with E-state index in [4.69, 9.17) is 0 Å². The second-order valence-electron chi connectivity index (χ2n) is 6.47. The summed E-state index contributed by atoms with van der Waals surface area (Å²) in [5.74, 6) is -0.472. The highest BCUT2D eigenvalue weighted by atomic mass is 16.3. The van der Waals surface area contributed by atoms with Gasteiger partial charge < -0.3 is 15.3 Å². The summed E-state index contributed by atoms with van der Waals surface area (Å²) < 4.78 is 0. The number of phenolic OH excluding ortho intramolecular Hbond substituents is 1. The summed E-state index contributed by atoms with van der Waals surface area (Å²) in [5, 5.41) is 16.8. The van der Waals surface area contributed by atoms with Gasteiger partial charge in [0.1, 0.15) is 5.75 Å². The van der Waals surface area contributed by atoms with Crippen LogP contribution in [0.2, 0.25) is 0 Å². The topological polar surface area (TPSA) is 94.0 Å². The van der Waals surface area contributed by atoms with Crippen molar-refractivity contribution < 1.29 is 14.7 Å². The normalized spacial score (nSPS) is 10.7. The van der Waals surface area contributed by atoms with Crippen molar-refractivity contribution in [2.45, 2.75) is 33.2 Å². The van der Waals surface area contributed by atoms with E-state index in [9.17, 15) is 14.7 Å². The van der Waals surface area contributed by atoms with Gasteiger partial charge in [-0.05, 0) is 31.5 Å². The molecule has 0 aliphatic rings. The number of nitrogens with one attached hydrogen (secondary N) is 2. The maximum Gasteiger partial charge on any atom is 0.240 e. The van der Waals surface area contributed by atoms with Crippen molar-refractivity contribution in [3.8, 4) is 5.75 Å². The molecule has 0 heterocycles. The zero-order chi connectivity index (χ0) is 21.1. The Labute approximate surface area is 171 Å². The zero-order valence-electron chi connectivity index (χ0n) is 16.9. The number of amides is 2. The van der Waals surface area contributed by atoms with Gasteiger partial charge >= 0.3 is 0 Å². The maximum absolute atomic E-state index is 11.8. The lowest BCUT2D eigenvalue weighted by Crippen LogP contribution is -2.25. The van der Waals surface area contributed by atoms with Crippen LogP contribution in [0.25, 0.3) is 0 Å². The summed E-state index contributed by atoms with van der Waals surface area (Å²) >= 11 is 0. The van der Waals surface area contributed by atoms with Crippen molar-refractivity contribution in [1.82, 2.24) is 10.7 Å². The maximum atomic E-state index is 11.8. The molecular weight excluding hydrogens is 368 g/mol. The Hall–Kier alpha value is -3.35. The Kier molecular flexibility index (Phi) is 8.69. The number of hydrogen-bond donors (Lipinski definition) is 3. The molecule has 0 aliphatic heterocycles. The Balaban J connectivity index is 1.75. The number of nitrogens with zero attached hydrogens (tertiary/aromatic N) is 2. The molecule has 2 aromatic carbocycles. The van der Waals surface area contributed by atoms with Gasteiger partial charge in [0.05, 0.1) is 6.21 Å². The molecule has 0 saturated carbocycles. The molecule has 29 heavy (non-hydrogen) atoms. The zero-order valence-corrected chi connectivity index (χ0v) is 16.9. The Bertz CT molecular complexity index is 833. The highest BCUT2D eigenvalue weighted by molar-refractivity contribution is 5.87. The highest BCUT2D eigenvalue weighted by Gasteiger charge is 2.07. The van der Waals surface area contributed by atoms with E-state index >= 15 is 0 Å². The van der Waals surface area contributed by atoms with E-state index in [2.05, 4.69) is 20.7 Å². The van der Waals surface area contributed by atoms with Gasteiger partial charge in [-0.25, -0.2) is 5.43 Å². The van der Waals surface area contributed by atoms with Gasteiger partial charge in [-0.15, -0.1) is 0 Å². The smallest absolute Gasteiger partial charge is 0.240 e. The van der Waals surface area contributed by atoms with Gasteiger partial charge in [0.15, 0.2) is 0 Å². The lowest BCUT2D eigenvalue weighted by Gasteiger charge is -2.21. The van der Waals surface area contributed by atoms with Gasteiger partial charge in [-0.2, -0.15) is 5.10 Å². The first kappa shape index (κ1) is 21.9. The molecule has 0 aromatic heterocycles. The average molecular weight is 396 g/mol. The van der Waals surface area contributed by atoms with Crippen LogP contribution in [-0.4, -0.2) is 36.2 Å². The standard InChI is InChI=1S/C22H28N4O3/c1-3-26(4-2)19-11-10-18(20(27)14-19)16-24-25-22(29)13-12-21(28)23-15-17-8-6-5-7-9-17/h5-11,14,16,27H,3-4,12-13,15H2,1-2H3,(H,23,28)(H,25,29). The fourth-order valence-corrected chi connectivity index (χ4v) is 2.77. The number of anilines is 1. The predicted molar refractivity (Wildman–Crippen MR) is 115 cm³/mol. The number of aromatic hydroxyl groups is 1. The van der Waals surface area contributed by atoms with Crippen molar-refractivity contribution in [2.24, 2.45) is 5.10 Å². The van der Waals surface area contributed by atoms with Gasteiger partial charge in [-0.1, -0.05) is 30.3 Å². The second-order valence-corrected chi connectivity index (χ2v) is 6.47. The molecular formula is C22H28N4O3. The minimum absolute atomic E-state index is 0.0326. The number of hydrazone groups is 1. The van der Waals surface area contributed by atoms with E-state index in [1.165, 1.54) is 6.21 Å². The van der Waals surface area contributed by atoms with Crippen molar-refractivity contribution in [3.63, 3.8) is 0 Å². The summed E-state index contributed by atoms with van der Waals surface area (Å²) in [6.45, 7) is 6.22. The van der Waals surface area contributed by atoms with Crippen molar-refractivity contribution >= 4 is 23.7 Å². The molecule has 2 rings (SSSR count). The minimum Gasteiger partial charge on any atom is -0.507 e. The van der Waals surface area contributed by atoms with Crippen LogP contribution in [0.3, 0.4) is 0 Å². The first-order chi connectivity index (χ1) is 14.0. The van der Waals surface area contributed by atoms with Crippen molar-refractivity contribution in [1.29, 1.82) is 0 Å². The van der Waals surface area contributed by atoms with Gasteiger partial charge in [0, 0.05) is 49.8 Å². The molecule has 2 amide bonds. The Morgan fingerprint density at radius 3 is 2.38 bits per heavy atom. The molecule has 2 aromatic rings. The molecule has 0 radical (unpaired) electrons. The molecule has 0 aliphatic carbocycles. The van der Waals surface area contributed by atoms with Crippen LogP contribution in [0.5, 0.6) is 5.75 Å². The first-order valence-electron chi connectivity index (χ1n) is 9.74. The fourth-order valence-electron chi connectivity index (χ4n) is 2.77. The van der Waals surface area contributed by atoms with Crippen LogP contribution in [-0.2, 0) is 16.1 Å². The number of phenols is 1. The van der Waals surface area contributed by atoms with E-state index in [0.29, 0.717) is 12.1 Å². The average Bonchev–Trinajstić information content (AvgIpc) is 2.74. The molecule has 0 fully saturated rings. The Morgan fingerprint density at radius 2 is 1.72 bits per heavy atom. The number of carbonyl (C=O) groups excluding carboxylic acids is 2. The van der Waals surface area contributed by atoms with Crippen LogP contribution < -0.4 is 15.6 Å². The number of rotatable bonds is 10. The number of carbonyl (C=O) groups is 2. The third-order valence-electron chi connectivity index (χ3n) is 4.45. The quantitative estimate of drug-likeness (QED) is 0.425. The predicted octanol–water partition coefficient (Wildman–Crippen LogP) is 2.79. The number of hydrogen-bond acceptors (Lipinski definition) is 5. The lowest BCUT2D eigenvalue weighted by molar-refractivity contribution is -0.126. The van der Waals surface area contributed by atoms with E-state index < -0.39 is 0 Å². The van der Waals surface area contributed by atoms with Gasteiger partial charge in [-0.3, -0.25) is 9.59 Å². The van der Waals surface area contributed by atoms with Crippen molar-refractivity contribution in [3.05, 3.63) is 59.7 Å². The molecule has 0 atom stereocenters. The summed E-state index contributed by atoms with van der Waals surface area (Å²) in [6.07, 6.45) is 1.50. The van der Waals surface area contributed by atoms with Crippen LogP contribution in [0, 0.1) is 0 Å². The summed E-state index contributed by atoms with van der Waals surface area (Å²) in [4.78, 5) is 25.8. The third kappa shape index (κ3) is 7.29. The Morgan fingerprint density at radius 1 is 1.03 bits per heavy atom. The van der Waals surface area contributed by atoms with E-state index in [-0.39, 0.29) is 30.4 Å². The van der Waals surface area contributed by atoms with Crippen molar-refractivity contribution in [2.75, 3.05) is 18.0 Å². The second kappa shape index (κ2) is 11.5. The monoisotopic (exact) mass is 396 g/mol. The molecule has 3 N–H and O–H groups in total.